The Labute approximate surface area is 113 Å². The van der Waals surface area contributed by atoms with E-state index in [0.717, 1.165) is 7.11 Å². The Kier molecular flexibility index (Phi) is 5.63. The molecule has 2 atom stereocenters. The molecule has 0 spiro atoms. The Morgan fingerprint density at radius 3 is 2.00 bits per heavy atom. The van der Waals surface area contributed by atoms with Crippen molar-refractivity contribution >= 4 is 17.9 Å². The Morgan fingerprint density at radius 2 is 1.55 bits per heavy atom. The number of hydrogen-bond acceptors (Lipinski definition) is 6. The number of hydrogen-bond donors (Lipinski definition) is 2. The van der Waals surface area contributed by atoms with Crippen LogP contribution in [0.4, 0.5) is 0 Å². The van der Waals surface area contributed by atoms with Gasteiger partial charge in [-0.15, -0.1) is 0 Å². The molecule has 0 amide bonds. The fraction of sp³-hybridized carbons (Fsp3) is 0.250. The smallest absolute Gasteiger partial charge is 0.348 e. The van der Waals surface area contributed by atoms with Gasteiger partial charge in [0.2, 0.25) is 12.2 Å². The molecular weight excluding hydrogens is 272 g/mol. The van der Waals surface area contributed by atoms with Gasteiger partial charge in [0.1, 0.15) is 0 Å². The summed E-state index contributed by atoms with van der Waals surface area (Å²) in [6.07, 6.45) is -4.02. The van der Waals surface area contributed by atoms with Crippen molar-refractivity contribution in [2.24, 2.45) is 0 Å². The molecule has 0 unspecified atom stereocenters. The first-order valence-corrected chi connectivity index (χ1v) is 5.38. The summed E-state index contributed by atoms with van der Waals surface area (Å²) in [5.74, 6) is -4.29. The summed E-state index contributed by atoms with van der Waals surface area (Å²) in [6, 6.07) is 7.54. The quantitative estimate of drug-likeness (QED) is 0.417. The summed E-state index contributed by atoms with van der Waals surface area (Å²) >= 11 is 0. The number of benzene rings is 1. The van der Waals surface area contributed by atoms with Gasteiger partial charge in [0.15, 0.2) is 0 Å². The third-order valence-electron chi connectivity index (χ3n) is 2.21. The molecule has 2 N–H and O–H groups in total. The summed E-state index contributed by atoms with van der Waals surface area (Å²) in [5, 5.41) is 17.8. The van der Waals surface area contributed by atoms with Crippen molar-refractivity contribution in [3.8, 4) is 0 Å². The van der Waals surface area contributed by atoms with Crippen LogP contribution >= 0.6 is 0 Å². The minimum Gasteiger partial charge on any atom is -0.479 e. The molecule has 0 aliphatic rings. The van der Waals surface area contributed by atoms with E-state index in [2.05, 4.69) is 14.5 Å². The van der Waals surface area contributed by atoms with Gasteiger partial charge in [-0.1, -0.05) is 18.2 Å². The van der Waals surface area contributed by atoms with Gasteiger partial charge in [-0.2, -0.15) is 0 Å². The maximum Gasteiger partial charge on any atom is 0.348 e. The van der Waals surface area contributed by atoms with Crippen LogP contribution in [0.5, 0.6) is 0 Å². The first-order chi connectivity index (χ1) is 9.47. The molecule has 0 aliphatic carbocycles. The third-order valence-corrected chi connectivity index (χ3v) is 2.21. The summed E-state index contributed by atoms with van der Waals surface area (Å²) in [4.78, 5) is 42.1. The lowest BCUT2D eigenvalue weighted by molar-refractivity contribution is -0.313. The van der Waals surface area contributed by atoms with Crippen LogP contribution in [-0.4, -0.2) is 47.4 Å². The highest BCUT2D eigenvalue weighted by molar-refractivity contribution is 5.92. The zero-order chi connectivity index (χ0) is 15.1. The summed E-state index contributed by atoms with van der Waals surface area (Å²) in [5.41, 5.74) is 0.0836. The predicted octanol–water partition coefficient (Wildman–Crippen LogP) is 0.328. The van der Waals surface area contributed by atoms with E-state index in [9.17, 15) is 14.4 Å². The number of aliphatic carboxylic acids is 2. The highest BCUT2D eigenvalue weighted by atomic mass is 17.2. The van der Waals surface area contributed by atoms with Crippen molar-refractivity contribution in [1.82, 2.24) is 0 Å². The molecule has 0 aromatic heterocycles. The van der Waals surface area contributed by atoms with E-state index in [-0.39, 0.29) is 5.56 Å². The molecule has 0 saturated carbocycles. The van der Waals surface area contributed by atoms with Gasteiger partial charge >= 0.3 is 17.9 Å². The lowest BCUT2D eigenvalue weighted by Crippen LogP contribution is -2.44. The average molecular weight is 284 g/mol. The zero-order valence-corrected chi connectivity index (χ0v) is 10.4. The molecule has 20 heavy (non-hydrogen) atoms. The van der Waals surface area contributed by atoms with E-state index in [1.807, 2.05) is 0 Å². The van der Waals surface area contributed by atoms with Crippen molar-refractivity contribution in [1.29, 1.82) is 0 Å². The maximum absolute atomic E-state index is 11.7. The highest BCUT2D eigenvalue weighted by Gasteiger charge is 2.39. The summed E-state index contributed by atoms with van der Waals surface area (Å²) in [7, 11) is 1.01. The topological polar surface area (TPSA) is 119 Å². The molecule has 1 aromatic carbocycles. The number of carboxylic acids is 2. The van der Waals surface area contributed by atoms with Gasteiger partial charge < -0.3 is 14.9 Å². The Morgan fingerprint density at radius 1 is 1.00 bits per heavy atom. The van der Waals surface area contributed by atoms with Crippen LogP contribution in [0.25, 0.3) is 0 Å². The molecule has 1 aromatic rings. The van der Waals surface area contributed by atoms with Crippen LogP contribution in [0, 0.1) is 0 Å². The molecule has 0 radical (unpaired) electrons. The van der Waals surface area contributed by atoms with Crippen LogP contribution in [0.15, 0.2) is 30.3 Å². The Hall–Kier alpha value is -2.45. The molecule has 1 rings (SSSR count). The fourth-order valence-corrected chi connectivity index (χ4v) is 1.32. The standard InChI is InChI=1S/C12H12O8/c1-18-20-9(11(15)16)8(10(13)14)19-12(17)7-5-3-2-4-6-7/h2-6,8-9H,1H3,(H,13,14)(H,15,16)/t8-,9-/m0/s1. The molecule has 0 fully saturated rings. The number of carboxylic acid groups (broad SMARTS) is 2. The Bertz CT molecular complexity index is 483. The molecular formula is C12H12O8. The summed E-state index contributed by atoms with van der Waals surface area (Å²) in [6.45, 7) is 0. The van der Waals surface area contributed by atoms with Crippen molar-refractivity contribution in [3.05, 3.63) is 35.9 Å². The van der Waals surface area contributed by atoms with Crippen LogP contribution < -0.4 is 0 Å². The van der Waals surface area contributed by atoms with E-state index in [1.165, 1.54) is 12.1 Å². The fourth-order valence-electron chi connectivity index (χ4n) is 1.32. The number of ether oxygens (including phenoxy) is 1. The van der Waals surface area contributed by atoms with Crippen LogP contribution in [0.2, 0.25) is 0 Å². The molecule has 0 heterocycles. The monoisotopic (exact) mass is 284 g/mol. The van der Waals surface area contributed by atoms with Crippen molar-refractivity contribution in [3.63, 3.8) is 0 Å². The van der Waals surface area contributed by atoms with Crippen molar-refractivity contribution in [2.45, 2.75) is 12.2 Å². The van der Waals surface area contributed by atoms with E-state index >= 15 is 0 Å². The number of esters is 1. The van der Waals surface area contributed by atoms with Crippen molar-refractivity contribution in [2.75, 3.05) is 7.11 Å². The van der Waals surface area contributed by atoms with Gasteiger partial charge in [0.05, 0.1) is 12.7 Å². The van der Waals surface area contributed by atoms with E-state index in [0.29, 0.717) is 0 Å². The molecule has 0 bridgehead atoms. The second-order valence-corrected chi connectivity index (χ2v) is 3.55. The van der Waals surface area contributed by atoms with Crippen LogP contribution in [0.1, 0.15) is 10.4 Å². The molecule has 0 aliphatic heterocycles. The predicted molar refractivity (Wildman–Crippen MR) is 62.8 cm³/mol. The van der Waals surface area contributed by atoms with Gasteiger partial charge in [-0.3, -0.25) is 0 Å². The average Bonchev–Trinajstić information content (AvgIpc) is 2.42. The lowest BCUT2D eigenvalue weighted by atomic mass is 10.2. The second-order valence-electron chi connectivity index (χ2n) is 3.55. The molecule has 108 valence electrons. The van der Waals surface area contributed by atoms with Gasteiger partial charge in [0, 0.05) is 0 Å². The minimum absolute atomic E-state index is 0.0836. The zero-order valence-electron chi connectivity index (χ0n) is 10.4. The normalized spacial score (nSPS) is 13.2. The summed E-state index contributed by atoms with van der Waals surface area (Å²) < 4.78 is 4.65. The second kappa shape index (κ2) is 7.22. The van der Waals surface area contributed by atoms with Crippen molar-refractivity contribution < 1.29 is 39.1 Å². The number of rotatable bonds is 7. The van der Waals surface area contributed by atoms with E-state index < -0.39 is 30.1 Å². The maximum atomic E-state index is 11.7. The minimum atomic E-state index is -2.04. The molecule has 8 nitrogen and oxygen atoms in total. The number of carbonyl (C=O) groups excluding carboxylic acids is 1. The van der Waals surface area contributed by atoms with Crippen LogP contribution in [0.3, 0.4) is 0 Å². The SMILES string of the molecule is COO[C@H](C(=O)O)[C@H](OC(=O)c1ccccc1)C(=O)O. The highest BCUT2D eigenvalue weighted by Crippen LogP contribution is 2.10. The van der Waals surface area contributed by atoms with Gasteiger partial charge in [-0.05, 0) is 12.1 Å². The largest absolute Gasteiger partial charge is 0.479 e. The Balaban J connectivity index is 2.89. The van der Waals surface area contributed by atoms with Gasteiger partial charge in [0.25, 0.3) is 0 Å². The lowest BCUT2D eigenvalue weighted by Gasteiger charge is -2.19. The van der Waals surface area contributed by atoms with E-state index in [1.54, 1.807) is 18.2 Å². The first-order valence-electron chi connectivity index (χ1n) is 5.38. The molecule has 0 saturated heterocycles. The first kappa shape index (κ1) is 15.6. The third kappa shape index (κ3) is 4.04. The van der Waals surface area contributed by atoms with Crippen LogP contribution in [-0.2, 0) is 24.1 Å². The van der Waals surface area contributed by atoms with Gasteiger partial charge in [-0.25, -0.2) is 24.2 Å². The number of carbonyl (C=O) groups is 3. The van der Waals surface area contributed by atoms with E-state index in [4.69, 9.17) is 10.2 Å². The molecule has 8 heteroatoms.